The topological polar surface area (TPSA) is 137 Å². The van der Waals surface area contributed by atoms with Crippen molar-refractivity contribution >= 4 is 11.5 Å². The normalized spacial score (nSPS) is 11.1. The van der Waals surface area contributed by atoms with Gasteiger partial charge in [-0.3, -0.25) is 14.3 Å². The van der Waals surface area contributed by atoms with Crippen molar-refractivity contribution in [3.05, 3.63) is 26.7 Å². The van der Waals surface area contributed by atoms with Crippen LogP contribution in [-0.4, -0.2) is 50.0 Å². The lowest BCUT2D eigenvalue weighted by atomic mass is 10.3. The van der Waals surface area contributed by atoms with Gasteiger partial charge in [-0.25, -0.2) is 9.48 Å². The second-order valence-corrected chi connectivity index (χ2v) is 6.58. The lowest BCUT2D eigenvalue weighted by Crippen LogP contribution is -2.39. The number of nitrogen functional groups attached to an aromatic ring is 1. The van der Waals surface area contributed by atoms with Gasteiger partial charge in [0.15, 0.2) is 5.82 Å². The molecule has 2 heterocycles. The Hall–Kier alpha value is -2.69. The molecule has 3 N–H and O–H groups in total. The highest BCUT2D eigenvalue weighted by Gasteiger charge is 2.21. The van der Waals surface area contributed by atoms with Gasteiger partial charge < -0.3 is 15.4 Å². The summed E-state index contributed by atoms with van der Waals surface area (Å²) in [4.78, 5) is 28.9. The number of tetrazole rings is 1. The second-order valence-electron chi connectivity index (χ2n) is 6.58. The molecule has 0 aliphatic heterocycles. The van der Waals surface area contributed by atoms with Crippen molar-refractivity contribution < 1.29 is 4.74 Å². The van der Waals surface area contributed by atoms with E-state index in [4.69, 9.17) is 10.5 Å². The third kappa shape index (κ3) is 5.18. The number of aryl methyl sites for hydroxylation is 1. The van der Waals surface area contributed by atoms with Crippen LogP contribution < -0.4 is 21.9 Å². The fourth-order valence-electron chi connectivity index (χ4n) is 2.88. The van der Waals surface area contributed by atoms with Gasteiger partial charge in [-0.15, -0.1) is 5.10 Å². The highest BCUT2D eigenvalue weighted by atomic mass is 16.5. The van der Waals surface area contributed by atoms with Crippen LogP contribution in [0.4, 0.5) is 11.5 Å². The molecule has 2 aromatic rings. The van der Waals surface area contributed by atoms with Gasteiger partial charge in [0, 0.05) is 26.7 Å². The van der Waals surface area contributed by atoms with Crippen molar-refractivity contribution in [1.82, 2.24) is 29.8 Å². The molecule has 2 aromatic heterocycles. The van der Waals surface area contributed by atoms with Gasteiger partial charge in [-0.05, 0) is 23.3 Å². The number of H-pyrrole nitrogens is 1. The summed E-state index contributed by atoms with van der Waals surface area (Å²) in [6.45, 7) is 6.30. The number of methoxy groups -OCH3 is 1. The molecule has 28 heavy (non-hydrogen) atoms. The van der Waals surface area contributed by atoms with Crippen molar-refractivity contribution in [1.29, 1.82) is 0 Å². The fraction of sp³-hybridized carbons (Fsp3) is 0.706. The average molecular weight is 394 g/mol. The minimum atomic E-state index is -0.529. The predicted octanol–water partition coefficient (Wildman–Crippen LogP) is 0.359. The zero-order valence-electron chi connectivity index (χ0n) is 16.8. The molecule has 0 saturated carbocycles. The molecular weight excluding hydrogens is 364 g/mol. The van der Waals surface area contributed by atoms with Gasteiger partial charge in [0.1, 0.15) is 11.5 Å². The average Bonchev–Trinajstić information content (AvgIpc) is 3.10. The van der Waals surface area contributed by atoms with Crippen LogP contribution in [0.3, 0.4) is 0 Å². The van der Waals surface area contributed by atoms with Crippen molar-refractivity contribution in [2.75, 3.05) is 30.9 Å². The van der Waals surface area contributed by atoms with Gasteiger partial charge in [0.25, 0.3) is 5.56 Å². The number of ether oxygens (including phenoxy) is 1. The molecule has 0 aromatic carbocycles. The molecular formula is C17H30N8O3. The Balaban J connectivity index is 2.41. The maximum atomic E-state index is 12.6. The molecule has 2 rings (SSSR count). The Labute approximate surface area is 163 Å². The molecule has 0 unspecified atom stereocenters. The molecule has 0 atom stereocenters. The molecule has 0 radical (unpaired) electrons. The van der Waals surface area contributed by atoms with E-state index >= 15 is 0 Å². The SMILES string of the molecule is CCCCn1nnnc1CN(CCOC)c1c(N)n(CCCC)c(=O)[nH]c1=O. The van der Waals surface area contributed by atoms with E-state index in [2.05, 4.69) is 27.4 Å². The van der Waals surface area contributed by atoms with E-state index in [0.717, 1.165) is 25.7 Å². The molecule has 0 saturated heterocycles. The summed E-state index contributed by atoms with van der Waals surface area (Å²) < 4.78 is 8.31. The van der Waals surface area contributed by atoms with Gasteiger partial charge in [-0.2, -0.15) is 0 Å². The number of aromatic amines is 1. The molecule has 156 valence electrons. The van der Waals surface area contributed by atoms with E-state index in [9.17, 15) is 9.59 Å². The number of rotatable bonds is 12. The number of nitrogens with one attached hydrogen (secondary N) is 1. The number of aromatic nitrogens is 6. The van der Waals surface area contributed by atoms with E-state index in [0.29, 0.717) is 32.1 Å². The number of nitrogens with zero attached hydrogens (tertiary/aromatic N) is 6. The Morgan fingerprint density at radius 1 is 1.18 bits per heavy atom. The Morgan fingerprint density at radius 2 is 1.89 bits per heavy atom. The Kier molecular flexibility index (Phi) is 8.18. The first-order chi connectivity index (χ1) is 13.5. The first-order valence-electron chi connectivity index (χ1n) is 9.64. The van der Waals surface area contributed by atoms with Gasteiger partial charge in [0.05, 0.1) is 13.2 Å². The lowest BCUT2D eigenvalue weighted by Gasteiger charge is -2.25. The van der Waals surface area contributed by atoms with Gasteiger partial charge in [-0.1, -0.05) is 26.7 Å². The van der Waals surface area contributed by atoms with Crippen LogP contribution in [0.15, 0.2) is 9.59 Å². The third-order valence-corrected chi connectivity index (χ3v) is 4.49. The largest absolute Gasteiger partial charge is 0.383 e. The van der Waals surface area contributed by atoms with Crippen LogP contribution in [0.5, 0.6) is 0 Å². The van der Waals surface area contributed by atoms with Crippen molar-refractivity contribution in [2.45, 2.75) is 59.2 Å². The molecule has 11 heteroatoms. The number of anilines is 2. The molecule has 0 spiro atoms. The Bertz CT molecular complexity index is 857. The summed E-state index contributed by atoms with van der Waals surface area (Å²) in [5.41, 5.74) is 5.45. The molecule has 0 aliphatic carbocycles. The number of nitrogens with two attached hydrogens (primary N) is 1. The van der Waals surface area contributed by atoms with E-state index in [-0.39, 0.29) is 18.1 Å². The maximum Gasteiger partial charge on any atom is 0.330 e. The molecule has 0 fully saturated rings. The fourth-order valence-corrected chi connectivity index (χ4v) is 2.88. The Morgan fingerprint density at radius 3 is 2.57 bits per heavy atom. The van der Waals surface area contributed by atoms with E-state index in [1.165, 1.54) is 4.57 Å². The summed E-state index contributed by atoms with van der Waals surface area (Å²) in [7, 11) is 1.58. The number of unbranched alkanes of at least 4 members (excludes halogenated alkanes) is 2. The molecule has 0 amide bonds. The summed E-state index contributed by atoms with van der Waals surface area (Å²) in [5.74, 6) is 0.764. The summed E-state index contributed by atoms with van der Waals surface area (Å²) in [6.07, 6.45) is 3.64. The van der Waals surface area contributed by atoms with E-state index < -0.39 is 11.2 Å². The van der Waals surface area contributed by atoms with E-state index in [1.54, 1.807) is 16.7 Å². The highest BCUT2D eigenvalue weighted by molar-refractivity contribution is 5.62. The first kappa shape index (κ1) is 21.6. The third-order valence-electron chi connectivity index (χ3n) is 4.49. The van der Waals surface area contributed by atoms with Crippen LogP contribution >= 0.6 is 0 Å². The van der Waals surface area contributed by atoms with Crippen LogP contribution in [0.1, 0.15) is 45.4 Å². The first-order valence-corrected chi connectivity index (χ1v) is 9.64. The van der Waals surface area contributed by atoms with Crippen LogP contribution in [0.2, 0.25) is 0 Å². The quantitative estimate of drug-likeness (QED) is 0.526. The highest BCUT2D eigenvalue weighted by Crippen LogP contribution is 2.19. The summed E-state index contributed by atoms with van der Waals surface area (Å²) >= 11 is 0. The van der Waals surface area contributed by atoms with Gasteiger partial charge >= 0.3 is 5.69 Å². The molecule has 11 nitrogen and oxygen atoms in total. The zero-order valence-corrected chi connectivity index (χ0v) is 16.8. The second kappa shape index (κ2) is 10.6. The molecule has 0 aliphatic rings. The monoisotopic (exact) mass is 394 g/mol. The minimum absolute atomic E-state index is 0.144. The standard InChI is InChI=1S/C17H30N8O3/c1-4-6-8-24-15(18)14(16(26)19-17(24)27)23(10-11-28-3)12-13-20-21-22-25(13)9-7-5-2/h4-12,18H2,1-3H3,(H,19,26,27). The number of hydrogen-bond acceptors (Lipinski definition) is 8. The van der Waals surface area contributed by atoms with Crippen LogP contribution in [0, 0.1) is 0 Å². The summed E-state index contributed by atoms with van der Waals surface area (Å²) in [6, 6.07) is 0. The van der Waals surface area contributed by atoms with Crippen molar-refractivity contribution in [2.24, 2.45) is 0 Å². The minimum Gasteiger partial charge on any atom is -0.383 e. The van der Waals surface area contributed by atoms with E-state index in [1.807, 2.05) is 6.92 Å². The van der Waals surface area contributed by atoms with Gasteiger partial charge in [0.2, 0.25) is 0 Å². The molecule has 0 bridgehead atoms. The van der Waals surface area contributed by atoms with Crippen LogP contribution in [-0.2, 0) is 24.4 Å². The van der Waals surface area contributed by atoms with Crippen molar-refractivity contribution in [3.8, 4) is 0 Å². The predicted molar refractivity (Wildman–Crippen MR) is 106 cm³/mol. The lowest BCUT2D eigenvalue weighted by molar-refractivity contribution is 0.204. The van der Waals surface area contributed by atoms with Crippen molar-refractivity contribution in [3.63, 3.8) is 0 Å². The zero-order chi connectivity index (χ0) is 20.5. The summed E-state index contributed by atoms with van der Waals surface area (Å²) in [5, 5.41) is 11.9. The maximum absolute atomic E-state index is 12.6. The number of hydrogen-bond donors (Lipinski definition) is 2. The van der Waals surface area contributed by atoms with Crippen LogP contribution in [0.25, 0.3) is 0 Å². The smallest absolute Gasteiger partial charge is 0.330 e.